The van der Waals surface area contributed by atoms with Gasteiger partial charge in [-0.25, -0.2) is 9.50 Å². The van der Waals surface area contributed by atoms with Crippen LogP contribution in [0.25, 0.3) is 5.65 Å². The highest BCUT2D eigenvalue weighted by molar-refractivity contribution is 5.75. The first-order chi connectivity index (χ1) is 13.1. The third-order valence-corrected chi connectivity index (χ3v) is 5.42. The van der Waals surface area contributed by atoms with Crippen LogP contribution >= 0.6 is 0 Å². The van der Waals surface area contributed by atoms with Crippen LogP contribution in [0.15, 0.2) is 36.5 Å². The Morgan fingerprint density at radius 3 is 2.59 bits per heavy atom. The Labute approximate surface area is 160 Å². The number of nitrogen functional groups attached to an aromatic ring is 1. The van der Waals surface area contributed by atoms with Crippen molar-refractivity contribution in [2.45, 2.75) is 57.4 Å². The first-order valence-corrected chi connectivity index (χ1v) is 9.89. The zero-order valence-electron chi connectivity index (χ0n) is 15.9. The molecule has 5 N–H and O–H groups in total. The Balaban J connectivity index is 1.62. The fourth-order valence-electron chi connectivity index (χ4n) is 3.92. The van der Waals surface area contributed by atoms with Crippen molar-refractivity contribution in [1.29, 1.82) is 0 Å². The second-order valence-corrected chi connectivity index (χ2v) is 7.60. The lowest BCUT2D eigenvalue weighted by Gasteiger charge is -2.24. The molecule has 1 aliphatic rings. The van der Waals surface area contributed by atoms with Gasteiger partial charge >= 0.3 is 0 Å². The van der Waals surface area contributed by atoms with Gasteiger partial charge in [0, 0.05) is 23.7 Å². The van der Waals surface area contributed by atoms with E-state index in [2.05, 4.69) is 41.6 Å². The van der Waals surface area contributed by atoms with Gasteiger partial charge in [-0.05, 0) is 49.8 Å². The third-order valence-electron chi connectivity index (χ3n) is 5.42. The first-order valence-electron chi connectivity index (χ1n) is 9.89. The number of imidazole rings is 1. The van der Waals surface area contributed by atoms with Gasteiger partial charge in [-0.3, -0.25) is 0 Å². The van der Waals surface area contributed by atoms with Crippen LogP contribution in [0, 0.1) is 0 Å². The molecule has 0 unspecified atom stereocenters. The minimum Gasteiger partial charge on any atom is -0.382 e. The summed E-state index contributed by atoms with van der Waals surface area (Å²) in [4.78, 5) is 4.89. The molecule has 27 heavy (non-hydrogen) atoms. The molecule has 1 aromatic carbocycles. The molecular formula is C21H28N6. The maximum Gasteiger partial charge on any atom is 0.177 e. The lowest BCUT2D eigenvalue weighted by molar-refractivity contribution is 0.391. The molecule has 1 saturated carbocycles. The summed E-state index contributed by atoms with van der Waals surface area (Å²) < 4.78 is 1.80. The number of anilines is 3. The monoisotopic (exact) mass is 364 g/mol. The van der Waals surface area contributed by atoms with E-state index in [9.17, 15) is 0 Å². The quantitative estimate of drug-likeness (QED) is 0.636. The Bertz CT molecular complexity index is 906. The van der Waals surface area contributed by atoms with Crippen molar-refractivity contribution in [3.63, 3.8) is 0 Å². The van der Waals surface area contributed by atoms with Crippen molar-refractivity contribution < 1.29 is 0 Å². The molecule has 0 spiro atoms. The van der Waals surface area contributed by atoms with E-state index < -0.39 is 0 Å². The molecule has 0 bridgehead atoms. The molecule has 3 aromatic rings. The number of aryl methyl sites for hydroxylation is 1. The van der Waals surface area contributed by atoms with Gasteiger partial charge < -0.3 is 16.8 Å². The minimum atomic E-state index is 0.333. The van der Waals surface area contributed by atoms with Crippen LogP contribution in [0.3, 0.4) is 0 Å². The maximum absolute atomic E-state index is 6.05. The summed E-state index contributed by atoms with van der Waals surface area (Å²) in [5, 5.41) is 7.87. The van der Waals surface area contributed by atoms with E-state index in [0.29, 0.717) is 17.8 Å². The van der Waals surface area contributed by atoms with E-state index in [4.69, 9.17) is 16.5 Å². The summed E-state index contributed by atoms with van der Waals surface area (Å²) in [6.07, 6.45) is 8.55. The number of fused-ring (bicyclic) bond motifs is 1. The zero-order valence-corrected chi connectivity index (χ0v) is 15.9. The van der Waals surface area contributed by atoms with Crippen molar-refractivity contribution in [1.82, 2.24) is 14.6 Å². The number of nitrogens with zero attached hydrogens (tertiary/aromatic N) is 3. The summed E-state index contributed by atoms with van der Waals surface area (Å²) in [5.41, 5.74) is 17.2. The van der Waals surface area contributed by atoms with Crippen molar-refractivity contribution in [2.24, 2.45) is 5.73 Å². The van der Waals surface area contributed by atoms with Gasteiger partial charge in [0.2, 0.25) is 0 Å². The Hall–Kier alpha value is -2.60. The number of hydrogen-bond acceptors (Lipinski definition) is 5. The van der Waals surface area contributed by atoms with Crippen LogP contribution in [0.4, 0.5) is 17.2 Å². The molecule has 0 amide bonds. The first kappa shape index (κ1) is 17.8. The number of nitrogens with two attached hydrogens (primary N) is 2. The lowest BCUT2D eigenvalue weighted by Crippen LogP contribution is -2.25. The van der Waals surface area contributed by atoms with Gasteiger partial charge in [-0.15, -0.1) is 5.10 Å². The lowest BCUT2D eigenvalue weighted by atomic mass is 9.85. The van der Waals surface area contributed by atoms with Gasteiger partial charge in [0.05, 0.1) is 17.6 Å². The summed E-state index contributed by atoms with van der Waals surface area (Å²) in [5.74, 6) is 0.927. The number of benzene rings is 1. The second kappa shape index (κ2) is 7.56. The molecule has 6 heteroatoms. The molecule has 142 valence electrons. The largest absolute Gasteiger partial charge is 0.382 e. The smallest absolute Gasteiger partial charge is 0.177 e. The van der Waals surface area contributed by atoms with E-state index in [1.807, 2.05) is 12.3 Å². The molecule has 1 aliphatic carbocycles. The number of hydrogen-bond donors (Lipinski definition) is 3. The Kier molecular flexibility index (Phi) is 4.99. The van der Waals surface area contributed by atoms with Crippen LogP contribution in [0.2, 0.25) is 0 Å². The normalized spacial score (nSPS) is 20.1. The fraction of sp³-hybridized carbons (Fsp3) is 0.429. The standard InChI is InChI=1S/C21H28N6/c1-2-3-14-4-10-17(11-5-14)24-18-12-20(23)26-27-13-19(25-21(18)27)15-6-8-16(22)9-7-15/h4-5,10-13,15-16,24H,2-3,6-9,22H2,1H3,(H2,23,26)/t15-,16-. The van der Waals surface area contributed by atoms with Gasteiger partial charge in [0.15, 0.2) is 5.65 Å². The number of nitrogens with one attached hydrogen (secondary N) is 1. The average Bonchev–Trinajstić information content (AvgIpc) is 3.08. The van der Waals surface area contributed by atoms with E-state index in [1.165, 1.54) is 5.56 Å². The third kappa shape index (κ3) is 3.90. The minimum absolute atomic E-state index is 0.333. The summed E-state index contributed by atoms with van der Waals surface area (Å²) in [6.45, 7) is 2.19. The zero-order chi connectivity index (χ0) is 18.8. The highest BCUT2D eigenvalue weighted by atomic mass is 15.3. The van der Waals surface area contributed by atoms with Crippen molar-refractivity contribution in [3.05, 3.63) is 47.8 Å². The summed E-state index contributed by atoms with van der Waals surface area (Å²) >= 11 is 0. The molecule has 1 fully saturated rings. The van der Waals surface area contributed by atoms with Crippen LogP contribution in [0.5, 0.6) is 0 Å². The highest BCUT2D eigenvalue weighted by Crippen LogP contribution is 2.33. The van der Waals surface area contributed by atoms with Gasteiger partial charge in [-0.2, -0.15) is 0 Å². The molecule has 0 saturated heterocycles. The molecule has 0 radical (unpaired) electrons. The van der Waals surface area contributed by atoms with E-state index >= 15 is 0 Å². The molecular weight excluding hydrogens is 336 g/mol. The highest BCUT2D eigenvalue weighted by Gasteiger charge is 2.23. The van der Waals surface area contributed by atoms with Crippen LogP contribution < -0.4 is 16.8 Å². The topological polar surface area (TPSA) is 94.3 Å². The van der Waals surface area contributed by atoms with E-state index in [-0.39, 0.29) is 0 Å². The molecule has 2 aromatic heterocycles. The molecule has 0 aliphatic heterocycles. The Morgan fingerprint density at radius 2 is 1.89 bits per heavy atom. The van der Waals surface area contributed by atoms with E-state index in [0.717, 1.165) is 61.2 Å². The van der Waals surface area contributed by atoms with Crippen LogP contribution in [-0.4, -0.2) is 20.6 Å². The summed E-state index contributed by atoms with van der Waals surface area (Å²) in [7, 11) is 0. The molecule has 0 atom stereocenters. The molecule has 6 nitrogen and oxygen atoms in total. The predicted molar refractivity (Wildman–Crippen MR) is 110 cm³/mol. The Morgan fingerprint density at radius 1 is 1.15 bits per heavy atom. The fourth-order valence-corrected chi connectivity index (χ4v) is 3.92. The van der Waals surface area contributed by atoms with Crippen molar-refractivity contribution in [3.8, 4) is 0 Å². The average molecular weight is 364 g/mol. The molecule has 4 rings (SSSR count). The summed E-state index contributed by atoms with van der Waals surface area (Å²) in [6, 6.07) is 10.7. The van der Waals surface area contributed by atoms with Gasteiger partial charge in [0.25, 0.3) is 0 Å². The second-order valence-electron chi connectivity index (χ2n) is 7.60. The van der Waals surface area contributed by atoms with E-state index in [1.54, 1.807) is 4.52 Å². The number of rotatable bonds is 5. The van der Waals surface area contributed by atoms with Crippen molar-refractivity contribution in [2.75, 3.05) is 11.1 Å². The van der Waals surface area contributed by atoms with Crippen LogP contribution in [0.1, 0.15) is 56.2 Å². The van der Waals surface area contributed by atoms with Crippen LogP contribution in [-0.2, 0) is 6.42 Å². The SMILES string of the molecule is CCCc1ccc(Nc2cc(N)nn3cc([C@H]4CC[C@H](N)CC4)nc23)cc1. The maximum atomic E-state index is 6.05. The number of aromatic nitrogens is 3. The van der Waals surface area contributed by atoms with Gasteiger partial charge in [-0.1, -0.05) is 25.5 Å². The van der Waals surface area contributed by atoms with Gasteiger partial charge in [0.1, 0.15) is 5.82 Å². The predicted octanol–water partition coefficient (Wildman–Crippen LogP) is 3.99. The van der Waals surface area contributed by atoms with Crippen molar-refractivity contribution >= 4 is 22.8 Å². The molecule has 2 heterocycles.